The van der Waals surface area contributed by atoms with Crippen molar-refractivity contribution in [1.82, 2.24) is 19.5 Å². The first-order valence-electron chi connectivity index (χ1n) is 10.0. The number of carbonyl (C=O) groups is 1. The largest absolute Gasteiger partial charge is 0.368 e. The summed E-state index contributed by atoms with van der Waals surface area (Å²) in [5.74, 6) is 2.13. The van der Waals surface area contributed by atoms with Crippen LogP contribution < -0.4 is 11.1 Å². The molecule has 156 valence electrons. The highest BCUT2D eigenvalue weighted by Gasteiger charge is 2.28. The fraction of sp³-hybridized carbons (Fsp3) is 0.364. The Balaban J connectivity index is 1.39. The number of benzene rings is 1. The smallest absolute Gasteiger partial charge is 0.232 e. The number of aryl methyl sites for hydroxylation is 2. The molecule has 0 bridgehead atoms. The highest BCUT2D eigenvalue weighted by atomic mass is 32.2. The topological polar surface area (TPSA) is 98.7 Å². The van der Waals surface area contributed by atoms with Crippen molar-refractivity contribution in [3.8, 4) is 0 Å². The quantitative estimate of drug-likeness (QED) is 0.520. The Hall–Kier alpha value is -2.87. The molecule has 3 aromatic rings. The van der Waals surface area contributed by atoms with Gasteiger partial charge in [-0.05, 0) is 51.3 Å². The molecule has 0 unspecified atom stereocenters. The average Bonchev–Trinajstić information content (AvgIpc) is 3.48. The molecule has 30 heavy (non-hydrogen) atoms. The predicted molar refractivity (Wildman–Crippen MR) is 121 cm³/mol. The zero-order chi connectivity index (χ0) is 21.3. The fourth-order valence-electron chi connectivity index (χ4n) is 3.66. The summed E-state index contributed by atoms with van der Waals surface area (Å²) in [4.78, 5) is 25.6. The number of nitrogens with zero attached hydrogens (tertiary/aromatic N) is 4. The molecule has 2 aromatic heterocycles. The average molecular weight is 423 g/mol. The van der Waals surface area contributed by atoms with Crippen molar-refractivity contribution < 1.29 is 4.79 Å². The molecule has 0 atom stereocenters. The zero-order valence-electron chi connectivity index (χ0n) is 17.5. The third kappa shape index (κ3) is 4.48. The van der Waals surface area contributed by atoms with Crippen molar-refractivity contribution >= 4 is 35.1 Å². The number of nitrogens with one attached hydrogen (secondary N) is 1. The number of thioether (sulfide) groups is 1. The summed E-state index contributed by atoms with van der Waals surface area (Å²) in [7, 11) is 0. The Bertz CT molecular complexity index is 1090. The Morgan fingerprint density at radius 1 is 1.20 bits per heavy atom. The maximum Gasteiger partial charge on any atom is 0.232 e. The van der Waals surface area contributed by atoms with Crippen LogP contribution in [-0.4, -0.2) is 31.1 Å². The van der Waals surface area contributed by atoms with Crippen molar-refractivity contribution in [2.24, 2.45) is 0 Å². The number of rotatable bonds is 8. The fourth-order valence-corrected chi connectivity index (χ4v) is 4.41. The first kappa shape index (κ1) is 20.4. The highest BCUT2D eigenvalue weighted by Crippen LogP contribution is 2.38. The van der Waals surface area contributed by atoms with Gasteiger partial charge in [-0.15, -0.1) is 11.8 Å². The second-order valence-electron chi connectivity index (χ2n) is 7.68. The molecule has 0 spiro atoms. The molecule has 7 nitrogen and oxygen atoms in total. The van der Waals surface area contributed by atoms with Crippen LogP contribution in [0.15, 0.2) is 30.3 Å². The van der Waals surface area contributed by atoms with Gasteiger partial charge in [-0.1, -0.05) is 18.2 Å². The number of hydrogen-bond donors (Lipinski definition) is 2. The van der Waals surface area contributed by atoms with E-state index >= 15 is 0 Å². The highest BCUT2D eigenvalue weighted by molar-refractivity contribution is 7.99. The van der Waals surface area contributed by atoms with Gasteiger partial charge in [0.25, 0.3) is 0 Å². The normalized spacial score (nSPS) is 13.4. The van der Waals surface area contributed by atoms with E-state index in [2.05, 4.69) is 31.8 Å². The predicted octanol–water partition coefficient (Wildman–Crippen LogP) is 4.38. The van der Waals surface area contributed by atoms with Gasteiger partial charge in [0.1, 0.15) is 5.82 Å². The summed E-state index contributed by atoms with van der Waals surface area (Å²) in [5.41, 5.74) is 10.9. The van der Waals surface area contributed by atoms with Crippen LogP contribution in [0.5, 0.6) is 0 Å². The van der Waals surface area contributed by atoms with Crippen LogP contribution in [0, 0.1) is 20.8 Å². The summed E-state index contributed by atoms with van der Waals surface area (Å²) in [6.45, 7) is 6.13. The van der Waals surface area contributed by atoms with Crippen LogP contribution in [0.3, 0.4) is 0 Å². The summed E-state index contributed by atoms with van der Waals surface area (Å²) >= 11 is 1.49. The third-order valence-corrected chi connectivity index (χ3v) is 6.18. The molecule has 1 aromatic carbocycles. The van der Waals surface area contributed by atoms with Gasteiger partial charge in [0.2, 0.25) is 11.9 Å². The Morgan fingerprint density at radius 3 is 2.70 bits per heavy atom. The molecule has 3 N–H and O–H groups in total. The maximum absolute atomic E-state index is 12.8. The van der Waals surface area contributed by atoms with Gasteiger partial charge in [0, 0.05) is 28.7 Å². The Labute approximate surface area is 180 Å². The second kappa shape index (κ2) is 8.47. The summed E-state index contributed by atoms with van der Waals surface area (Å²) in [6, 6.07) is 10.5. The monoisotopic (exact) mass is 422 g/mol. The van der Waals surface area contributed by atoms with Crippen molar-refractivity contribution in [3.63, 3.8) is 0 Å². The van der Waals surface area contributed by atoms with Crippen molar-refractivity contribution in [1.29, 1.82) is 0 Å². The van der Waals surface area contributed by atoms with Gasteiger partial charge in [0.15, 0.2) is 5.78 Å². The number of anilines is 3. The molecule has 1 aliphatic rings. The standard InChI is InChI=1S/C22H26N6OS/c1-13-6-4-5-7-18(13)24-22-26-20(25-21(23)27-22)12-30-11-19(29)17-10-14(2)28(15(17)3)16-8-9-16/h4-7,10,16H,8-9,11-12H2,1-3H3,(H3,23,24,25,26,27). The van der Waals surface area contributed by atoms with E-state index in [1.54, 1.807) is 0 Å². The first-order chi connectivity index (χ1) is 14.4. The van der Waals surface area contributed by atoms with Crippen molar-refractivity contribution in [2.75, 3.05) is 16.8 Å². The minimum Gasteiger partial charge on any atom is -0.368 e. The number of carbonyl (C=O) groups excluding carboxylic acids is 1. The molecule has 8 heteroatoms. The van der Waals surface area contributed by atoms with Crippen molar-refractivity contribution in [3.05, 3.63) is 58.7 Å². The van der Waals surface area contributed by atoms with Gasteiger partial charge in [0.05, 0.1) is 11.5 Å². The third-order valence-electron chi connectivity index (χ3n) is 5.25. The minimum atomic E-state index is 0.139. The van der Waals surface area contributed by atoms with Crippen molar-refractivity contribution in [2.45, 2.75) is 45.4 Å². The van der Waals surface area contributed by atoms with E-state index in [9.17, 15) is 4.79 Å². The van der Waals surface area contributed by atoms with E-state index in [1.807, 2.05) is 44.2 Å². The van der Waals surface area contributed by atoms with Gasteiger partial charge in [-0.2, -0.15) is 15.0 Å². The minimum absolute atomic E-state index is 0.139. The Kier molecular flexibility index (Phi) is 5.76. The number of nitrogen functional groups attached to an aromatic ring is 1. The van der Waals surface area contributed by atoms with Gasteiger partial charge >= 0.3 is 0 Å². The summed E-state index contributed by atoms with van der Waals surface area (Å²) in [6.07, 6.45) is 2.41. The lowest BCUT2D eigenvalue weighted by molar-refractivity contribution is 0.102. The number of para-hydroxylation sites is 1. The van der Waals surface area contributed by atoms with E-state index in [0.29, 0.717) is 29.3 Å². The molecule has 2 heterocycles. The Morgan fingerprint density at radius 2 is 1.97 bits per heavy atom. The molecule has 0 amide bonds. The lowest BCUT2D eigenvalue weighted by Crippen LogP contribution is -2.09. The van der Waals surface area contributed by atoms with E-state index in [-0.39, 0.29) is 11.7 Å². The molecule has 1 saturated carbocycles. The van der Waals surface area contributed by atoms with Crippen LogP contribution in [0.25, 0.3) is 0 Å². The van der Waals surface area contributed by atoms with Crippen LogP contribution in [0.4, 0.5) is 17.6 Å². The number of ketones is 1. The second-order valence-corrected chi connectivity index (χ2v) is 8.66. The molecule has 0 saturated heterocycles. The van der Waals surface area contributed by atoms with Gasteiger partial charge < -0.3 is 15.6 Å². The summed E-state index contributed by atoms with van der Waals surface area (Å²) < 4.78 is 2.30. The lowest BCUT2D eigenvalue weighted by atomic mass is 10.2. The summed E-state index contributed by atoms with van der Waals surface area (Å²) in [5, 5.41) is 3.19. The van der Waals surface area contributed by atoms with Gasteiger partial charge in [-0.3, -0.25) is 4.79 Å². The number of Topliss-reactive ketones (excluding diaryl/α,β-unsaturated/α-hetero) is 1. The van der Waals surface area contributed by atoms with Crippen LogP contribution in [0.2, 0.25) is 0 Å². The number of aromatic nitrogens is 4. The molecule has 4 rings (SSSR count). The molecular weight excluding hydrogens is 396 g/mol. The van der Waals surface area contributed by atoms with E-state index in [0.717, 1.165) is 22.5 Å². The van der Waals surface area contributed by atoms with Gasteiger partial charge in [-0.25, -0.2) is 0 Å². The van der Waals surface area contributed by atoms with E-state index in [1.165, 1.54) is 30.3 Å². The van der Waals surface area contributed by atoms with E-state index < -0.39 is 0 Å². The zero-order valence-corrected chi connectivity index (χ0v) is 18.3. The number of hydrogen-bond acceptors (Lipinski definition) is 7. The SMILES string of the molecule is Cc1ccccc1Nc1nc(N)nc(CSCC(=O)c2cc(C)n(C3CC3)c2C)n1. The molecule has 0 radical (unpaired) electrons. The molecule has 1 fully saturated rings. The molecular formula is C22H26N6OS. The number of nitrogens with two attached hydrogens (primary N) is 1. The first-order valence-corrected chi connectivity index (χ1v) is 11.2. The van der Waals surface area contributed by atoms with Crippen LogP contribution >= 0.6 is 11.8 Å². The van der Waals surface area contributed by atoms with Crippen LogP contribution in [-0.2, 0) is 5.75 Å². The molecule has 0 aliphatic heterocycles. The molecule has 1 aliphatic carbocycles. The van der Waals surface area contributed by atoms with Crippen LogP contribution in [0.1, 0.15) is 52.0 Å². The maximum atomic E-state index is 12.8. The lowest BCUT2D eigenvalue weighted by Gasteiger charge is -2.09. The van der Waals surface area contributed by atoms with E-state index in [4.69, 9.17) is 5.73 Å².